The summed E-state index contributed by atoms with van der Waals surface area (Å²) in [5.41, 5.74) is 5.17. The third kappa shape index (κ3) is 15.4. The van der Waals surface area contributed by atoms with Gasteiger partial charge in [0.15, 0.2) is 0 Å². The average Bonchev–Trinajstić information content (AvgIpc) is 3.91. The van der Waals surface area contributed by atoms with Gasteiger partial charge in [-0.1, -0.05) is 115 Å². The number of nitrogens with zero attached hydrogens (tertiary/aromatic N) is 2. The number of aromatic nitrogens is 2. The van der Waals surface area contributed by atoms with Crippen molar-refractivity contribution in [1.29, 1.82) is 0 Å². The first-order valence-electron chi connectivity index (χ1n) is 22.6. The van der Waals surface area contributed by atoms with E-state index in [1.54, 1.807) is 33.0 Å². The summed E-state index contributed by atoms with van der Waals surface area (Å²) in [7, 11) is -2.67. The molecule has 10 nitrogen and oxygen atoms in total. The quantitative estimate of drug-likeness (QED) is 0.197. The zero-order valence-corrected chi connectivity index (χ0v) is 40.1. The Labute approximate surface area is 375 Å². The van der Waals surface area contributed by atoms with Gasteiger partial charge in [-0.15, -0.1) is 0 Å². The predicted octanol–water partition coefficient (Wildman–Crippen LogP) is 9.59. The first-order valence-corrected chi connectivity index (χ1v) is 26.6. The summed E-state index contributed by atoms with van der Waals surface area (Å²) in [4.78, 5) is 51.1. The van der Waals surface area contributed by atoms with Crippen molar-refractivity contribution in [3.8, 4) is 0 Å². The fraction of sp³-hybridized carbons (Fsp3) is 0.520. The van der Waals surface area contributed by atoms with Crippen LogP contribution in [0.4, 0.5) is 0 Å². The van der Waals surface area contributed by atoms with Gasteiger partial charge in [-0.2, -0.15) is 11.8 Å². The van der Waals surface area contributed by atoms with Crippen molar-refractivity contribution in [2.24, 2.45) is 0 Å². The number of carbonyl (C=O) groups is 2. The minimum Gasteiger partial charge on any atom is -0.349 e. The second-order valence-corrected chi connectivity index (χ2v) is 19.0. The lowest BCUT2D eigenvalue weighted by Gasteiger charge is -2.23. The second kappa shape index (κ2) is 26.9. The molecule has 2 aromatic carbocycles. The summed E-state index contributed by atoms with van der Waals surface area (Å²) in [6.07, 6.45) is 25.0. The number of nitrogens with one attached hydrogen (secondary N) is 2. The lowest BCUT2D eigenvalue weighted by atomic mass is 9.95. The first-order chi connectivity index (χ1) is 29.9. The molecule has 2 aromatic heterocycles. The number of sulfone groups is 1. The Morgan fingerprint density at radius 1 is 0.548 bits per heavy atom. The van der Waals surface area contributed by atoms with Crippen LogP contribution in [-0.4, -0.2) is 66.5 Å². The van der Waals surface area contributed by atoms with E-state index in [9.17, 15) is 27.6 Å². The highest BCUT2D eigenvalue weighted by molar-refractivity contribution is 7.97. The van der Waals surface area contributed by atoms with Crippen LogP contribution >= 0.6 is 11.8 Å². The Hall–Kier alpha value is -4.42. The third-order valence-corrected chi connectivity index (χ3v) is 11.2. The summed E-state index contributed by atoms with van der Waals surface area (Å²) < 4.78 is 22.7. The zero-order valence-electron chi connectivity index (χ0n) is 38.5. The van der Waals surface area contributed by atoms with Gasteiger partial charge < -0.3 is 19.8 Å². The Morgan fingerprint density at radius 2 is 0.871 bits per heavy atom. The van der Waals surface area contributed by atoms with Gasteiger partial charge in [0.2, 0.25) is 0 Å². The lowest BCUT2D eigenvalue weighted by Crippen LogP contribution is -2.40. The number of aryl methyl sites for hydroxylation is 2. The van der Waals surface area contributed by atoms with Crippen molar-refractivity contribution in [1.82, 2.24) is 19.8 Å². The fourth-order valence-corrected chi connectivity index (χ4v) is 8.52. The van der Waals surface area contributed by atoms with Crippen molar-refractivity contribution >= 4 is 33.4 Å². The molecule has 0 bridgehead atoms. The van der Waals surface area contributed by atoms with Crippen molar-refractivity contribution in [3.05, 3.63) is 139 Å². The van der Waals surface area contributed by atoms with E-state index in [-0.39, 0.29) is 58.2 Å². The Kier molecular flexibility index (Phi) is 22.5. The minimum atomic E-state index is -2.67. The summed E-state index contributed by atoms with van der Waals surface area (Å²) in [5.74, 6) is -0.449. The number of carbonyl (C=O) groups excluding carboxylic acids is 2. The molecule has 2 saturated carbocycles. The van der Waals surface area contributed by atoms with Crippen LogP contribution < -0.4 is 21.8 Å². The minimum absolute atomic E-state index is 0.0335. The molecule has 2 N–H and O–H groups in total. The number of fused-ring (bicyclic) bond motifs is 2. The van der Waals surface area contributed by atoms with Gasteiger partial charge >= 0.3 is 0 Å². The normalized spacial score (nSPS) is 17.7. The van der Waals surface area contributed by atoms with E-state index < -0.39 is 9.84 Å². The molecule has 0 saturated heterocycles. The molecule has 2 atom stereocenters. The molecule has 2 unspecified atom stereocenters. The van der Waals surface area contributed by atoms with Gasteiger partial charge in [-0.3, -0.25) is 19.2 Å². The topological polar surface area (TPSA) is 136 Å². The summed E-state index contributed by atoms with van der Waals surface area (Å²) in [5, 5.41) is 6.12. The van der Waals surface area contributed by atoms with E-state index in [4.69, 9.17) is 0 Å². The first kappa shape index (κ1) is 51.9. The van der Waals surface area contributed by atoms with Crippen LogP contribution in [0.5, 0.6) is 0 Å². The molecule has 0 aliphatic heterocycles. The number of amides is 2. The smallest absolute Gasteiger partial charge is 0.263 e. The molecule has 4 aliphatic carbocycles. The Balaban J connectivity index is 0.000000264. The summed E-state index contributed by atoms with van der Waals surface area (Å²) >= 11 is 1.75. The van der Waals surface area contributed by atoms with Gasteiger partial charge in [0, 0.05) is 37.0 Å². The molecular formula is C50H72N4O6S2. The van der Waals surface area contributed by atoms with Crippen LogP contribution in [0.3, 0.4) is 0 Å². The molecule has 8 rings (SSSR count). The van der Waals surface area contributed by atoms with E-state index in [1.165, 1.54) is 35.1 Å². The van der Waals surface area contributed by atoms with Crippen LogP contribution in [0.1, 0.15) is 160 Å². The van der Waals surface area contributed by atoms with Crippen LogP contribution in [0.15, 0.2) is 94.8 Å². The summed E-state index contributed by atoms with van der Waals surface area (Å²) in [6.45, 7) is 8.00. The van der Waals surface area contributed by atoms with Crippen LogP contribution in [-0.2, 0) is 22.7 Å². The van der Waals surface area contributed by atoms with Crippen molar-refractivity contribution in [2.75, 3.05) is 25.0 Å². The standard InChI is InChI=1S/2C21H24N2O2.C2H6O2S.C2H6S.2C2H6/c2*24-20(22-16-8-2-1-3-9-16)18-11-6-14-23(21(18)25)19-13-12-15-7-4-5-10-17(15)19;1-5(2,3)4;1-3-2;2*1-2/h2*4-7,10-11,14,16,19H,1-3,8-9,12-13H2,(H,22,24);1-2H3;1-2H3;2*1-2H3. The highest BCUT2D eigenvalue weighted by Crippen LogP contribution is 2.34. The van der Waals surface area contributed by atoms with Crippen LogP contribution in [0, 0.1) is 0 Å². The highest BCUT2D eigenvalue weighted by atomic mass is 32.2. The number of benzene rings is 2. The van der Waals surface area contributed by atoms with Crippen LogP contribution in [0.25, 0.3) is 0 Å². The third-order valence-electron chi connectivity index (χ3n) is 11.2. The number of pyridine rings is 2. The average molecular weight is 889 g/mol. The number of rotatable bonds is 6. The molecule has 2 fully saturated rings. The second-order valence-electron chi connectivity index (χ2n) is 15.9. The van der Waals surface area contributed by atoms with E-state index in [0.717, 1.165) is 89.6 Å². The van der Waals surface area contributed by atoms with E-state index in [2.05, 4.69) is 34.9 Å². The van der Waals surface area contributed by atoms with Gasteiger partial charge in [0.05, 0.1) is 12.1 Å². The Bertz CT molecular complexity index is 2070. The number of hydrogen-bond donors (Lipinski definition) is 2. The molecule has 0 radical (unpaired) electrons. The molecule has 62 heavy (non-hydrogen) atoms. The molecular weight excluding hydrogens is 817 g/mol. The summed E-state index contributed by atoms with van der Waals surface area (Å²) in [6, 6.07) is 24.0. The van der Waals surface area contributed by atoms with Crippen molar-refractivity contribution < 1.29 is 18.0 Å². The van der Waals surface area contributed by atoms with Crippen molar-refractivity contribution in [3.63, 3.8) is 0 Å². The molecule has 4 aromatic rings. The molecule has 340 valence electrons. The van der Waals surface area contributed by atoms with Crippen LogP contribution in [0.2, 0.25) is 0 Å². The molecule has 0 spiro atoms. The number of hydrogen-bond acceptors (Lipinski definition) is 7. The van der Waals surface area contributed by atoms with Gasteiger partial charge in [-0.05, 0) is 110 Å². The van der Waals surface area contributed by atoms with Gasteiger partial charge in [0.1, 0.15) is 21.0 Å². The van der Waals surface area contributed by atoms with Gasteiger partial charge in [-0.25, -0.2) is 8.42 Å². The van der Waals surface area contributed by atoms with E-state index in [1.807, 2.05) is 89.0 Å². The van der Waals surface area contributed by atoms with E-state index >= 15 is 0 Å². The SMILES string of the molecule is CC.CC.CS(C)(=O)=O.CSC.O=C(NC1CCCCC1)c1cccn(C2CCc3ccccc32)c1=O.O=C(NC1CCCCC1)c1cccn(C2CCc3ccccc32)c1=O. The molecule has 2 heterocycles. The fourth-order valence-electron chi connectivity index (χ4n) is 8.52. The van der Waals surface area contributed by atoms with Gasteiger partial charge in [0.25, 0.3) is 22.9 Å². The molecule has 2 amide bonds. The lowest BCUT2D eigenvalue weighted by molar-refractivity contribution is 0.0917. The predicted molar refractivity (Wildman–Crippen MR) is 259 cm³/mol. The maximum absolute atomic E-state index is 13.0. The monoisotopic (exact) mass is 888 g/mol. The largest absolute Gasteiger partial charge is 0.349 e. The number of thioether (sulfide) groups is 1. The molecule has 4 aliphatic rings. The van der Waals surface area contributed by atoms with E-state index in [0.29, 0.717) is 0 Å². The van der Waals surface area contributed by atoms with Crippen molar-refractivity contribution in [2.45, 2.75) is 142 Å². The zero-order chi connectivity index (χ0) is 45.7. The maximum Gasteiger partial charge on any atom is 0.263 e. The highest BCUT2D eigenvalue weighted by Gasteiger charge is 2.28. The maximum atomic E-state index is 13.0. The molecule has 12 heteroatoms. The Morgan fingerprint density at radius 3 is 1.21 bits per heavy atom.